The number of hydrogen-bond donors (Lipinski definition) is 1. The molecule has 1 aromatic rings. The summed E-state index contributed by atoms with van der Waals surface area (Å²) in [7, 11) is 3.47. The van der Waals surface area contributed by atoms with Crippen molar-refractivity contribution < 1.29 is 9.47 Å². The smallest absolute Gasteiger partial charge is 0.216 e. The molecule has 1 aromatic heterocycles. The Hall–Kier alpha value is -1.20. The third kappa shape index (κ3) is 3.75. The Morgan fingerprint density at radius 3 is 2.69 bits per heavy atom. The largest absolute Gasteiger partial charge is 0.481 e. The van der Waals surface area contributed by atoms with Crippen molar-refractivity contribution in [2.24, 2.45) is 0 Å². The zero-order valence-corrected chi connectivity index (χ0v) is 10.2. The summed E-state index contributed by atoms with van der Waals surface area (Å²) >= 11 is 0. The molecule has 0 spiro atoms. The molecule has 0 aliphatic rings. The first kappa shape index (κ1) is 12.9. The van der Waals surface area contributed by atoms with Gasteiger partial charge in [-0.25, -0.2) is 9.97 Å². The van der Waals surface area contributed by atoms with Crippen molar-refractivity contribution in [3.8, 4) is 5.88 Å². The third-order valence-electron chi connectivity index (χ3n) is 2.17. The van der Waals surface area contributed by atoms with E-state index in [1.54, 1.807) is 7.11 Å². The summed E-state index contributed by atoms with van der Waals surface area (Å²) in [6.07, 6.45) is 1.70. The first-order valence-electron chi connectivity index (χ1n) is 5.32. The molecule has 1 atom stereocenters. The molecule has 0 saturated heterocycles. The number of likely N-dealkylation sites (N-methyl/N-ethyl adjacent to an activating group) is 1. The van der Waals surface area contributed by atoms with E-state index in [9.17, 15) is 0 Å². The number of rotatable bonds is 6. The van der Waals surface area contributed by atoms with Gasteiger partial charge in [0.05, 0.1) is 31.6 Å². The highest BCUT2D eigenvalue weighted by Crippen LogP contribution is 2.14. The van der Waals surface area contributed by atoms with Gasteiger partial charge < -0.3 is 14.8 Å². The van der Waals surface area contributed by atoms with Gasteiger partial charge in [0.1, 0.15) is 6.33 Å². The predicted octanol–water partition coefficient (Wildman–Crippen LogP) is 1.17. The molecule has 0 aliphatic carbocycles. The van der Waals surface area contributed by atoms with Crippen LogP contribution in [0.5, 0.6) is 5.88 Å². The lowest BCUT2D eigenvalue weighted by Crippen LogP contribution is -2.24. The van der Waals surface area contributed by atoms with Crippen LogP contribution in [0.25, 0.3) is 0 Å². The molecule has 0 saturated carbocycles. The second-order valence-electron chi connectivity index (χ2n) is 3.71. The van der Waals surface area contributed by atoms with Gasteiger partial charge in [-0.15, -0.1) is 0 Å². The molecule has 1 N–H and O–H groups in total. The van der Waals surface area contributed by atoms with E-state index in [4.69, 9.17) is 9.47 Å². The van der Waals surface area contributed by atoms with Gasteiger partial charge in [0.15, 0.2) is 0 Å². The van der Waals surface area contributed by atoms with Crippen LogP contribution in [0.4, 0.5) is 0 Å². The van der Waals surface area contributed by atoms with Gasteiger partial charge in [0.25, 0.3) is 0 Å². The quantitative estimate of drug-likeness (QED) is 0.787. The van der Waals surface area contributed by atoms with Crippen LogP contribution < -0.4 is 10.1 Å². The van der Waals surface area contributed by atoms with Crippen LogP contribution in [0.2, 0.25) is 0 Å². The second kappa shape index (κ2) is 6.40. The summed E-state index contributed by atoms with van der Waals surface area (Å²) in [5, 5.41) is 3.15. The van der Waals surface area contributed by atoms with Crippen LogP contribution in [0, 0.1) is 0 Å². The molecule has 0 fully saturated rings. The maximum atomic E-state index is 5.56. The SMILES string of the molecule is CNC(COC(C)C)c1cc(OC)ncn1. The number of methoxy groups -OCH3 is 1. The predicted molar refractivity (Wildman–Crippen MR) is 61.5 cm³/mol. The molecule has 1 unspecified atom stereocenters. The minimum atomic E-state index is 0.0549. The van der Waals surface area contributed by atoms with E-state index in [0.29, 0.717) is 12.5 Å². The van der Waals surface area contributed by atoms with Gasteiger partial charge in [-0.2, -0.15) is 0 Å². The van der Waals surface area contributed by atoms with Crippen LogP contribution in [0.3, 0.4) is 0 Å². The molecule has 5 nitrogen and oxygen atoms in total. The van der Waals surface area contributed by atoms with Crippen molar-refractivity contribution in [3.63, 3.8) is 0 Å². The maximum absolute atomic E-state index is 5.56. The van der Waals surface area contributed by atoms with Crippen LogP contribution in [-0.4, -0.2) is 36.8 Å². The van der Waals surface area contributed by atoms with Gasteiger partial charge in [-0.1, -0.05) is 0 Å². The Balaban J connectivity index is 2.70. The molecule has 1 rings (SSSR count). The van der Waals surface area contributed by atoms with Gasteiger partial charge in [-0.3, -0.25) is 0 Å². The molecule has 16 heavy (non-hydrogen) atoms. The van der Waals surface area contributed by atoms with E-state index >= 15 is 0 Å². The van der Waals surface area contributed by atoms with Crippen LogP contribution >= 0.6 is 0 Å². The molecular weight excluding hydrogens is 206 g/mol. The zero-order valence-electron chi connectivity index (χ0n) is 10.2. The Morgan fingerprint density at radius 1 is 1.38 bits per heavy atom. The van der Waals surface area contributed by atoms with E-state index in [-0.39, 0.29) is 12.1 Å². The zero-order chi connectivity index (χ0) is 12.0. The minimum Gasteiger partial charge on any atom is -0.481 e. The highest BCUT2D eigenvalue weighted by molar-refractivity contribution is 5.16. The van der Waals surface area contributed by atoms with Gasteiger partial charge in [-0.05, 0) is 20.9 Å². The number of hydrogen-bond acceptors (Lipinski definition) is 5. The summed E-state index contributed by atoms with van der Waals surface area (Å²) in [6, 6.07) is 1.87. The average Bonchev–Trinajstić information content (AvgIpc) is 2.30. The number of nitrogens with one attached hydrogen (secondary N) is 1. The van der Waals surface area contributed by atoms with Gasteiger partial charge in [0.2, 0.25) is 5.88 Å². The summed E-state index contributed by atoms with van der Waals surface area (Å²) in [5.41, 5.74) is 0.870. The first-order chi connectivity index (χ1) is 7.67. The fourth-order valence-electron chi connectivity index (χ4n) is 1.26. The topological polar surface area (TPSA) is 56.3 Å². The van der Waals surface area contributed by atoms with Crippen LogP contribution in [0.1, 0.15) is 25.6 Å². The fraction of sp³-hybridized carbons (Fsp3) is 0.636. The molecular formula is C11H19N3O2. The van der Waals surface area contributed by atoms with Gasteiger partial charge in [0, 0.05) is 6.07 Å². The molecule has 0 aliphatic heterocycles. The molecule has 0 bridgehead atoms. The van der Waals surface area contributed by atoms with Gasteiger partial charge >= 0.3 is 0 Å². The maximum Gasteiger partial charge on any atom is 0.216 e. The molecule has 1 heterocycles. The third-order valence-corrected chi connectivity index (χ3v) is 2.17. The fourth-order valence-corrected chi connectivity index (χ4v) is 1.26. The number of nitrogens with zero attached hydrogens (tertiary/aromatic N) is 2. The molecule has 90 valence electrons. The summed E-state index contributed by atoms with van der Waals surface area (Å²) in [6.45, 7) is 4.59. The average molecular weight is 225 g/mol. The molecule has 0 aromatic carbocycles. The monoisotopic (exact) mass is 225 g/mol. The van der Waals surface area contributed by atoms with E-state index in [1.807, 2.05) is 27.0 Å². The van der Waals surface area contributed by atoms with Crippen molar-refractivity contribution in [2.75, 3.05) is 20.8 Å². The Morgan fingerprint density at radius 2 is 2.12 bits per heavy atom. The molecule has 0 amide bonds. The van der Waals surface area contributed by atoms with Crippen molar-refractivity contribution in [3.05, 3.63) is 18.1 Å². The lowest BCUT2D eigenvalue weighted by molar-refractivity contribution is 0.0618. The molecule has 0 radical (unpaired) electrons. The normalized spacial score (nSPS) is 12.8. The van der Waals surface area contributed by atoms with Crippen LogP contribution in [0.15, 0.2) is 12.4 Å². The Bertz CT molecular complexity index is 318. The lowest BCUT2D eigenvalue weighted by atomic mass is 10.2. The number of aromatic nitrogens is 2. The van der Waals surface area contributed by atoms with E-state index in [0.717, 1.165) is 5.69 Å². The van der Waals surface area contributed by atoms with Crippen molar-refractivity contribution in [1.29, 1.82) is 0 Å². The van der Waals surface area contributed by atoms with Crippen molar-refractivity contribution in [1.82, 2.24) is 15.3 Å². The van der Waals surface area contributed by atoms with E-state index in [2.05, 4.69) is 15.3 Å². The highest BCUT2D eigenvalue weighted by atomic mass is 16.5. The van der Waals surface area contributed by atoms with Crippen molar-refractivity contribution >= 4 is 0 Å². The highest BCUT2D eigenvalue weighted by Gasteiger charge is 2.12. The van der Waals surface area contributed by atoms with Crippen LogP contribution in [-0.2, 0) is 4.74 Å². The Labute approximate surface area is 96.2 Å². The van der Waals surface area contributed by atoms with Crippen molar-refractivity contribution in [2.45, 2.75) is 26.0 Å². The first-order valence-corrected chi connectivity index (χ1v) is 5.32. The summed E-state index contributed by atoms with van der Waals surface area (Å²) in [5.74, 6) is 0.565. The summed E-state index contributed by atoms with van der Waals surface area (Å²) < 4.78 is 10.6. The Kier molecular flexibility index (Phi) is 5.14. The lowest BCUT2D eigenvalue weighted by Gasteiger charge is -2.17. The second-order valence-corrected chi connectivity index (χ2v) is 3.71. The standard InChI is InChI=1S/C11H19N3O2/c1-8(2)16-6-10(12-3)9-5-11(15-4)14-7-13-9/h5,7-8,10,12H,6H2,1-4H3. The van der Waals surface area contributed by atoms with E-state index in [1.165, 1.54) is 6.33 Å². The number of ether oxygens (including phenoxy) is 2. The minimum absolute atomic E-state index is 0.0549. The molecule has 5 heteroatoms. The van der Waals surface area contributed by atoms with E-state index < -0.39 is 0 Å². The summed E-state index contributed by atoms with van der Waals surface area (Å²) in [4.78, 5) is 8.17.